The fraction of sp³-hybridized carbons (Fsp3) is 0.933. The summed E-state index contributed by atoms with van der Waals surface area (Å²) in [6.07, 6.45) is 6.95. The van der Waals surface area contributed by atoms with Crippen LogP contribution in [0.15, 0.2) is 0 Å². The minimum Gasteiger partial charge on any atom is -0.393 e. The van der Waals surface area contributed by atoms with Gasteiger partial charge >= 0.3 is 0 Å². The zero-order valence-corrected chi connectivity index (χ0v) is 12.1. The molecule has 1 saturated carbocycles. The van der Waals surface area contributed by atoms with Gasteiger partial charge in [-0.05, 0) is 51.4 Å². The molecule has 110 valence electrons. The number of amides is 1. The lowest BCUT2D eigenvalue weighted by Gasteiger charge is -2.26. The molecule has 0 radical (unpaired) electrons. The van der Waals surface area contributed by atoms with E-state index in [1.165, 1.54) is 12.8 Å². The molecule has 0 aromatic carbocycles. The summed E-state index contributed by atoms with van der Waals surface area (Å²) < 4.78 is 0. The largest absolute Gasteiger partial charge is 0.393 e. The highest BCUT2D eigenvalue weighted by atomic mass is 16.3. The van der Waals surface area contributed by atoms with Gasteiger partial charge in [-0.3, -0.25) is 4.79 Å². The molecule has 1 heterocycles. The van der Waals surface area contributed by atoms with Crippen LogP contribution < -0.4 is 5.73 Å². The Hall–Kier alpha value is -0.610. The molecule has 0 spiro atoms. The standard InChI is InChI=1S/C15H28N2O2/c1-11(18)13-8-9-17(10-13)15(19)7-4-12-2-5-14(16)6-3-12/h11-14,18H,2-10,16H2,1H3. The molecule has 0 bridgehead atoms. The number of carbonyl (C=O) groups is 1. The number of hydrogen-bond acceptors (Lipinski definition) is 3. The molecule has 4 heteroatoms. The zero-order chi connectivity index (χ0) is 13.8. The first-order chi connectivity index (χ1) is 9.06. The van der Waals surface area contributed by atoms with Gasteiger partial charge in [-0.15, -0.1) is 0 Å². The van der Waals surface area contributed by atoms with Gasteiger partial charge in [0, 0.05) is 31.5 Å². The smallest absolute Gasteiger partial charge is 0.222 e. The van der Waals surface area contributed by atoms with Crippen LogP contribution in [0.4, 0.5) is 0 Å². The number of rotatable bonds is 4. The van der Waals surface area contributed by atoms with Crippen molar-refractivity contribution in [3.8, 4) is 0 Å². The van der Waals surface area contributed by atoms with E-state index >= 15 is 0 Å². The van der Waals surface area contributed by atoms with Gasteiger partial charge in [0.25, 0.3) is 0 Å². The van der Waals surface area contributed by atoms with Crippen LogP contribution in [0.2, 0.25) is 0 Å². The van der Waals surface area contributed by atoms with E-state index in [2.05, 4.69) is 0 Å². The van der Waals surface area contributed by atoms with Gasteiger partial charge in [-0.1, -0.05) is 0 Å². The number of aliphatic hydroxyl groups excluding tert-OH is 1. The molecule has 2 fully saturated rings. The Balaban J connectivity index is 1.67. The maximum Gasteiger partial charge on any atom is 0.222 e. The number of hydrogen-bond donors (Lipinski definition) is 2. The minimum absolute atomic E-state index is 0.275. The SMILES string of the molecule is CC(O)C1CCN(C(=O)CCC2CCC(N)CC2)C1. The molecule has 1 aliphatic heterocycles. The summed E-state index contributed by atoms with van der Waals surface area (Å²) in [5, 5.41) is 9.56. The van der Waals surface area contributed by atoms with Crippen LogP contribution in [0.25, 0.3) is 0 Å². The Morgan fingerprint density at radius 1 is 1.32 bits per heavy atom. The average molecular weight is 268 g/mol. The second-order valence-corrected chi connectivity index (χ2v) is 6.45. The van der Waals surface area contributed by atoms with Crippen LogP contribution in [0, 0.1) is 11.8 Å². The highest BCUT2D eigenvalue weighted by Gasteiger charge is 2.29. The fourth-order valence-corrected chi connectivity index (χ4v) is 3.37. The lowest BCUT2D eigenvalue weighted by Crippen LogP contribution is -2.31. The molecule has 2 rings (SSSR count). The highest BCUT2D eigenvalue weighted by Crippen LogP contribution is 2.28. The van der Waals surface area contributed by atoms with Crippen LogP contribution in [0.1, 0.15) is 51.9 Å². The molecule has 2 atom stereocenters. The maximum atomic E-state index is 12.1. The molecule has 0 aromatic heterocycles. The van der Waals surface area contributed by atoms with Gasteiger partial charge in [-0.25, -0.2) is 0 Å². The van der Waals surface area contributed by atoms with E-state index in [-0.39, 0.29) is 17.9 Å². The van der Waals surface area contributed by atoms with E-state index in [4.69, 9.17) is 5.73 Å². The summed E-state index contributed by atoms with van der Waals surface area (Å²) in [6, 6.07) is 0.386. The minimum atomic E-state index is -0.294. The van der Waals surface area contributed by atoms with Crippen molar-refractivity contribution in [1.29, 1.82) is 0 Å². The fourth-order valence-electron chi connectivity index (χ4n) is 3.37. The van der Waals surface area contributed by atoms with E-state index < -0.39 is 0 Å². The summed E-state index contributed by atoms with van der Waals surface area (Å²) in [7, 11) is 0. The van der Waals surface area contributed by atoms with Crippen LogP contribution in [0.3, 0.4) is 0 Å². The van der Waals surface area contributed by atoms with E-state index in [0.29, 0.717) is 18.4 Å². The second-order valence-electron chi connectivity index (χ2n) is 6.45. The summed E-state index contributed by atoms with van der Waals surface area (Å²) in [5.41, 5.74) is 5.90. The zero-order valence-electron chi connectivity index (χ0n) is 12.1. The van der Waals surface area contributed by atoms with Crippen LogP contribution in [-0.4, -0.2) is 41.1 Å². The summed E-state index contributed by atoms with van der Waals surface area (Å²) in [5.74, 6) is 1.24. The quantitative estimate of drug-likeness (QED) is 0.812. The Morgan fingerprint density at radius 3 is 2.58 bits per heavy atom. The molecule has 2 aliphatic rings. The van der Waals surface area contributed by atoms with E-state index in [0.717, 1.165) is 38.8 Å². The van der Waals surface area contributed by atoms with Gasteiger partial charge in [0.15, 0.2) is 0 Å². The van der Waals surface area contributed by atoms with Gasteiger partial charge in [0.05, 0.1) is 6.10 Å². The molecule has 1 aliphatic carbocycles. The Bertz CT molecular complexity index is 299. The van der Waals surface area contributed by atoms with Gasteiger partial charge in [-0.2, -0.15) is 0 Å². The van der Waals surface area contributed by atoms with Crippen molar-refractivity contribution in [2.45, 2.75) is 64.0 Å². The van der Waals surface area contributed by atoms with Gasteiger partial charge < -0.3 is 15.7 Å². The lowest BCUT2D eigenvalue weighted by atomic mass is 9.84. The van der Waals surface area contributed by atoms with Crippen molar-refractivity contribution in [2.75, 3.05) is 13.1 Å². The predicted octanol–water partition coefficient (Wildman–Crippen LogP) is 1.51. The average Bonchev–Trinajstić information content (AvgIpc) is 2.87. The molecule has 2 unspecified atom stereocenters. The van der Waals surface area contributed by atoms with Gasteiger partial charge in [0.2, 0.25) is 5.91 Å². The van der Waals surface area contributed by atoms with Crippen molar-refractivity contribution in [3.05, 3.63) is 0 Å². The third-order valence-electron chi connectivity index (χ3n) is 4.92. The Morgan fingerprint density at radius 2 is 2.00 bits per heavy atom. The molecule has 0 aromatic rings. The molecule has 4 nitrogen and oxygen atoms in total. The van der Waals surface area contributed by atoms with Crippen LogP contribution in [0.5, 0.6) is 0 Å². The van der Waals surface area contributed by atoms with Crippen molar-refractivity contribution in [2.24, 2.45) is 17.6 Å². The molecular weight excluding hydrogens is 240 g/mol. The first kappa shape index (κ1) is 14.8. The van der Waals surface area contributed by atoms with Crippen molar-refractivity contribution in [1.82, 2.24) is 4.90 Å². The van der Waals surface area contributed by atoms with Crippen LogP contribution in [-0.2, 0) is 4.79 Å². The predicted molar refractivity (Wildman–Crippen MR) is 75.5 cm³/mol. The summed E-state index contributed by atoms with van der Waals surface area (Å²) >= 11 is 0. The third kappa shape index (κ3) is 4.18. The number of nitrogens with zero attached hydrogens (tertiary/aromatic N) is 1. The number of nitrogens with two attached hydrogens (primary N) is 1. The third-order valence-corrected chi connectivity index (χ3v) is 4.92. The Kier molecular flexibility index (Phi) is 5.22. The summed E-state index contributed by atoms with van der Waals surface area (Å²) in [4.78, 5) is 14.1. The van der Waals surface area contributed by atoms with Crippen molar-refractivity contribution in [3.63, 3.8) is 0 Å². The normalized spacial score (nSPS) is 33.4. The molecule has 19 heavy (non-hydrogen) atoms. The van der Waals surface area contributed by atoms with E-state index in [1.807, 2.05) is 11.8 Å². The first-order valence-corrected chi connectivity index (χ1v) is 7.77. The van der Waals surface area contributed by atoms with Crippen LogP contribution >= 0.6 is 0 Å². The highest BCUT2D eigenvalue weighted by molar-refractivity contribution is 5.76. The van der Waals surface area contributed by atoms with Gasteiger partial charge in [0.1, 0.15) is 0 Å². The van der Waals surface area contributed by atoms with Crippen molar-refractivity contribution >= 4 is 5.91 Å². The maximum absolute atomic E-state index is 12.1. The number of aliphatic hydroxyl groups is 1. The van der Waals surface area contributed by atoms with E-state index in [1.54, 1.807) is 0 Å². The second kappa shape index (κ2) is 6.71. The lowest BCUT2D eigenvalue weighted by molar-refractivity contribution is -0.130. The molecule has 1 saturated heterocycles. The number of likely N-dealkylation sites (tertiary alicyclic amines) is 1. The van der Waals surface area contributed by atoms with Crippen molar-refractivity contribution < 1.29 is 9.90 Å². The first-order valence-electron chi connectivity index (χ1n) is 7.77. The summed E-state index contributed by atoms with van der Waals surface area (Å²) in [6.45, 7) is 3.39. The van der Waals surface area contributed by atoms with E-state index in [9.17, 15) is 9.90 Å². The molecular formula is C15H28N2O2. The molecule has 1 amide bonds. The number of carbonyl (C=O) groups excluding carboxylic acids is 1. The Labute approximate surface area is 116 Å². The monoisotopic (exact) mass is 268 g/mol. The topological polar surface area (TPSA) is 66.6 Å². The molecule has 3 N–H and O–H groups in total.